The van der Waals surface area contributed by atoms with E-state index >= 15 is 0 Å². The van der Waals surface area contributed by atoms with Gasteiger partial charge in [-0.15, -0.1) is 0 Å². The number of carbonyl (C=O) groups is 1. The van der Waals surface area contributed by atoms with Crippen molar-refractivity contribution in [3.63, 3.8) is 0 Å². The zero-order chi connectivity index (χ0) is 13.0. The van der Waals surface area contributed by atoms with Crippen LogP contribution in [0.1, 0.15) is 38.5 Å². The third kappa shape index (κ3) is 3.69. The molecule has 2 rings (SSSR count). The van der Waals surface area contributed by atoms with Crippen molar-refractivity contribution in [2.45, 2.75) is 44.6 Å². The second kappa shape index (κ2) is 6.53. The molecule has 0 bridgehead atoms. The molecule has 0 spiro atoms. The molecular formula is C14H27N3O. The zero-order valence-corrected chi connectivity index (χ0v) is 11.5. The van der Waals surface area contributed by atoms with Crippen molar-refractivity contribution in [3.05, 3.63) is 0 Å². The van der Waals surface area contributed by atoms with Gasteiger partial charge in [-0.05, 0) is 64.6 Å². The van der Waals surface area contributed by atoms with Crippen LogP contribution in [-0.2, 0) is 4.79 Å². The second-order valence-corrected chi connectivity index (χ2v) is 6.06. The third-order valence-electron chi connectivity index (χ3n) is 4.52. The van der Waals surface area contributed by atoms with Gasteiger partial charge in [-0.1, -0.05) is 0 Å². The van der Waals surface area contributed by atoms with Gasteiger partial charge in [0.1, 0.15) is 0 Å². The fourth-order valence-corrected chi connectivity index (χ4v) is 3.26. The molecule has 2 fully saturated rings. The molecule has 1 atom stereocenters. The van der Waals surface area contributed by atoms with E-state index in [1.807, 2.05) is 0 Å². The van der Waals surface area contributed by atoms with Crippen LogP contribution in [0.25, 0.3) is 0 Å². The van der Waals surface area contributed by atoms with Crippen LogP contribution in [0.2, 0.25) is 0 Å². The van der Waals surface area contributed by atoms with E-state index in [1.54, 1.807) is 0 Å². The number of rotatable bonds is 3. The van der Waals surface area contributed by atoms with Gasteiger partial charge in [-0.3, -0.25) is 4.79 Å². The van der Waals surface area contributed by atoms with E-state index < -0.39 is 0 Å². The fourth-order valence-electron chi connectivity index (χ4n) is 3.26. The van der Waals surface area contributed by atoms with Gasteiger partial charge in [0.25, 0.3) is 0 Å². The Morgan fingerprint density at radius 1 is 1.28 bits per heavy atom. The normalized spacial score (nSPS) is 34.2. The number of nitrogens with one attached hydrogen (secondary N) is 1. The topological polar surface area (TPSA) is 58.4 Å². The molecule has 4 nitrogen and oxygen atoms in total. The third-order valence-corrected chi connectivity index (χ3v) is 4.52. The molecule has 1 saturated heterocycles. The average molecular weight is 253 g/mol. The van der Waals surface area contributed by atoms with E-state index in [1.165, 1.54) is 6.42 Å². The highest BCUT2D eigenvalue weighted by Gasteiger charge is 2.27. The van der Waals surface area contributed by atoms with E-state index in [2.05, 4.69) is 17.3 Å². The van der Waals surface area contributed by atoms with Crippen LogP contribution < -0.4 is 11.1 Å². The molecule has 0 aromatic heterocycles. The maximum absolute atomic E-state index is 12.2. The van der Waals surface area contributed by atoms with Crippen molar-refractivity contribution < 1.29 is 4.79 Å². The number of piperidine rings is 1. The van der Waals surface area contributed by atoms with Gasteiger partial charge in [-0.25, -0.2) is 0 Å². The first kappa shape index (κ1) is 13.8. The monoisotopic (exact) mass is 253 g/mol. The first-order valence-corrected chi connectivity index (χ1v) is 7.38. The van der Waals surface area contributed by atoms with Gasteiger partial charge < -0.3 is 16.0 Å². The van der Waals surface area contributed by atoms with E-state index in [0.29, 0.717) is 12.0 Å². The minimum Gasteiger partial charge on any atom is -0.352 e. The molecule has 0 aromatic carbocycles. The summed E-state index contributed by atoms with van der Waals surface area (Å²) in [6.07, 6.45) is 6.63. The standard InChI is InChI=1S/C14H27N3O/c1-17-8-2-3-13(10-17)16-14(18)12-6-4-11(9-15)5-7-12/h11-13H,2-10,15H2,1H3,(H,16,18). The van der Waals surface area contributed by atoms with Crippen LogP contribution in [0.5, 0.6) is 0 Å². The van der Waals surface area contributed by atoms with Crippen LogP contribution in [0, 0.1) is 11.8 Å². The molecule has 104 valence electrons. The Balaban J connectivity index is 1.74. The maximum Gasteiger partial charge on any atom is 0.223 e. The Morgan fingerprint density at radius 3 is 2.61 bits per heavy atom. The molecule has 1 saturated carbocycles. The minimum atomic E-state index is 0.236. The van der Waals surface area contributed by atoms with Crippen LogP contribution in [0.15, 0.2) is 0 Å². The Labute approximate surface area is 110 Å². The lowest BCUT2D eigenvalue weighted by molar-refractivity contribution is -0.127. The molecule has 1 aliphatic heterocycles. The summed E-state index contributed by atoms with van der Waals surface area (Å²) in [7, 11) is 2.13. The number of amides is 1. The summed E-state index contributed by atoms with van der Waals surface area (Å²) in [4.78, 5) is 14.5. The first-order valence-electron chi connectivity index (χ1n) is 7.38. The number of hydrogen-bond donors (Lipinski definition) is 2. The minimum absolute atomic E-state index is 0.236. The number of hydrogen-bond acceptors (Lipinski definition) is 3. The quantitative estimate of drug-likeness (QED) is 0.788. The Kier molecular flexibility index (Phi) is 5.01. The Morgan fingerprint density at radius 2 is 2.00 bits per heavy atom. The van der Waals surface area contributed by atoms with E-state index in [9.17, 15) is 4.79 Å². The number of likely N-dealkylation sites (tertiary alicyclic amines) is 1. The molecule has 1 unspecified atom stereocenters. The summed E-state index contributed by atoms with van der Waals surface area (Å²) in [5.41, 5.74) is 5.68. The molecule has 4 heteroatoms. The highest BCUT2D eigenvalue weighted by Crippen LogP contribution is 2.28. The van der Waals surface area contributed by atoms with Crippen LogP contribution in [0.3, 0.4) is 0 Å². The van der Waals surface area contributed by atoms with Gasteiger partial charge in [0.2, 0.25) is 5.91 Å². The van der Waals surface area contributed by atoms with Crippen molar-refractivity contribution >= 4 is 5.91 Å². The van der Waals surface area contributed by atoms with Gasteiger partial charge in [0.15, 0.2) is 0 Å². The van der Waals surface area contributed by atoms with Crippen LogP contribution in [-0.4, -0.2) is 43.5 Å². The van der Waals surface area contributed by atoms with Crippen LogP contribution >= 0.6 is 0 Å². The van der Waals surface area contributed by atoms with Gasteiger partial charge in [0, 0.05) is 18.5 Å². The largest absolute Gasteiger partial charge is 0.352 e. The van der Waals surface area contributed by atoms with Gasteiger partial charge in [0.05, 0.1) is 0 Å². The summed E-state index contributed by atoms with van der Waals surface area (Å²) in [6.45, 7) is 2.94. The van der Waals surface area contributed by atoms with Crippen molar-refractivity contribution in [2.24, 2.45) is 17.6 Å². The average Bonchev–Trinajstić information content (AvgIpc) is 2.39. The molecule has 1 aliphatic carbocycles. The predicted molar refractivity (Wildman–Crippen MR) is 73.2 cm³/mol. The maximum atomic E-state index is 12.2. The van der Waals surface area contributed by atoms with Gasteiger partial charge >= 0.3 is 0 Å². The predicted octanol–water partition coefficient (Wildman–Crippen LogP) is 0.962. The number of likely N-dealkylation sites (N-methyl/N-ethyl adjacent to an activating group) is 1. The summed E-state index contributed by atoms with van der Waals surface area (Å²) in [6, 6.07) is 0.364. The number of carbonyl (C=O) groups excluding carboxylic acids is 1. The van der Waals surface area contributed by atoms with Crippen molar-refractivity contribution in [3.8, 4) is 0 Å². The van der Waals surface area contributed by atoms with Crippen LogP contribution in [0.4, 0.5) is 0 Å². The molecule has 0 aromatic rings. The number of nitrogens with two attached hydrogens (primary N) is 1. The van der Waals surface area contributed by atoms with E-state index in [4.69, 9.17) is 5.73 Å². The highest BCUT2D eigenvalue weighted by molar-refractivity contribution is 5.79. The number of nitrogens with zero attached hydrogens (tertiary/aromatic N) is 1. The molecule has 0 radical (unpaired) electrons. The van der Waals surface area contributed by atoms with E-state index in [-0.39, 0.29) is 11.8 Å². The lowest BCUT2D eigenvalue weighted by Gasteiger charge is -2.33. The van der Waals surface area contributed by atoms with Crippen molar-refractivity contribution in [1.82, 2.24) is 10.2 Å². The van der Waals surface area contributed by atoms with Crippen molar-refractivity contribution in [2.75, 3.05) is 26.7 Å². The molecule has 1 amide bonds. The lowest BCUT2D eigenvalue weighted by Crippen LogP contribution is -2.48. The van der Waals surface area contributed by atoms with Crippen molar-refractivity contribution in [1.29, 1.82) is 0 Å². The highest BCUT2D eigenvalue weighted by atomic mass is 16.1. The smallest absolute Gasteiger partial charge is 0.223 e. The lowest BCUT2D eigenvalue weighted by atomic mass is 9.81. The summed E-state index contributed by atoms with van der Waals surface area (Å²) in [5, 5.41) is 3.24. The molecule has 1 heterocycles. The summed E-state index contributed by atoms with van der Waals surface area (Å²) >= 11 is 0. The molecular weight excluding hydrogens is 226 g/mol. The first-order chi connectivity index (χ1) is 8.69. The van der Waals surface area contributed by atoms with Gasteiger partial charge in [-0.2, -0.15) is 0 Å². The Hall–Kier alpha value is -0.610. The summed E-state index contributed by atoms with van der Waals surface area (Å²) in [5.74, 6) is 1.17. The second-order valence-electron chi connectivity index (χ2n) is 6.06. The Bertz CT molecular complexity index is 274. The van der Waals surface area contributed by atoms with E-state index in [0.717, 1.165) is 51.7 Å². The summed E-state index contributed by atoms with van der Waals surface area (Å²) < 4.78 is 0. The SMILES string of the molecule is CN1CCCC(NC(=O)C2CCC(CN)CC2)C1. The fraction of sp³-hybridized carbons (Fsp3) is 0.929. The molecule has 3 N–H and O–H groups in total. The molecule has 18 heavy (non-hydrogen) atoms. The zero-order valence-electron chi connectivity index (χ0n) is 11.5. The molecule has 2 aliphatic rings.